The van der Waals surface area contributed by atoms with Gasteiger partial charge in [-0.15, -0.1) is 0 Å². The molecular formula is C15H23NO4. The highest BCUT2D eigenvalue weighted by molar-refractivity contribution is 6.06. The molecule has 1 saturated carbocycles. The van der Waals surface area contributed by atoms with Crippen LogP contribution in [0, 0.1) is 11.3 Å². The zero-order valence-corrected chi connectivity index (χ0v) is 12.2. The van der Waals surface area contributed by atoms with Crippen LogP contribution >= 0.6 is 0 Å². The standard InChI is InChI=1S/C15H23NO4/c1-3-15(4-2)9-12(17)16(14(15)20)11-7-5-10(6-8-11)13(18)19/h10-11H,3-9H2,1-2H3,(H,18,19). The Labute approximate surface area is 119 Å². The summed E-state index contributed by atoms with van der Waals surface area (Å²) in [5.74, 6) is -1.19. The molecule has 20 heavy (non-hydrogen) atoms. The molecule has 1 aliphatic heterocycles. The van der Waals surface area contributed by atoms with Crippen molar-refractivity contribution in [3.8, 4) is 0 Å². The third-order valence-corrected chi connectivity index (χ3v) is 5.20. The maximum Gasteiger partial charge on any atom is 0.306 e. The second-order valence-corrected chi connectivity index (χ2v) is 6.08. The minimum absolute atomic E-state index is 0.0359. The number of hydrogen-bond acceptors (Lipinski definition) is 3. The van der Waals surface area contributed by atoms with Crippen molar-refractivity contribution in [1.82, 2.24) is 4.90 Å². The van der Waals surface area contributed by atoms with Gasteiger partial charge in [0.2, 0.25) is 11.8 Å². The minimum atomic E-state index is -0.765. The quantitative estimate of drug-likeness (QED) is 0.802. The summed E-state index contributed by atoms with van der Waals surface area (Å²) < 4.78 is 0. The largest absolute Gasteiger partial charge is 0.481 e. The van der Waals surface area contributed by atoms with Gasteiger partial charge in [-0.05, 0) is 38.5 Å². The van der Waals surface area contributed by atoms with E-state index in [1.54, 1.807) is 0 Å². The summed E-state index contributed by atoms with van der Waals surface area (Å²) in [4.78, 5) is 37.2. The second-order valence-electron chi connectivity index (χ2n) is 6.08. The molecule has 2 amide bonds. The van der Waals surface area contributed by atoms with Gasteiger partial charge >= 0.3 is 5.97 Å². The van der Waals surface area contributed by atoms with Crippen LogP contribution in [-0.2, 0) is 14.4 Å². The van der Waals surface area contributed by atoms with E-state index in [4.69, 9.17) is 5.11 Å². The van der Waals surface area contributed by atoms with Gasteiger partial charge in [0.25, 0.3) is 0 Å². The van der Waals surface area contributed by atoms with Crippen molar-refractivity contribution in [2.24, 2.45) is 11.3 Å². The average molecular weight is 281 g/mol. The van der Waals surface area contributed by atoms with Crippen LogP contribution in [0.15, 0.2) is 0 Å². The van der Waals surface area contributed by atoms with E-state index in [0.29, 0.717) is 44.9 Å². The molecule has 0 spiro atoms. The fourth-order valence-electron chi connectivity index (χ4n) is 3.57. The van der Waals surface area contributed by atoms with Gasteiger partial charge in [0.1, 0.15) is 0 Å². The Bertz CT molecular complexity index is 420. The number of likely N-dealkylation sites (tertiary alicyclic amines) is 1. The molecule has 2 fully saturated rings. The lowest BCUT2D eigenvalue weighted by atomic mass is 9.80. The number of rotatable bonds is 4. The number of amides is 2. The van der Waals surface area contributed by atoms with Crippen LogP contribution in [0.4, 0.5) is 0 Å². The van der Waals surface area contributed by atoms with Crippen molar-refractivity contribution in [2.45, 2.75) is 64.8 Å². The third kappa shape index (κ3) is 2.34. The van der Waals surface area contributed by atoms with E-state index in [-0.39, 0.29) is 23.8 Å². The van der Waals surface area contributed by atoms with Crippen LogP contribution in [0.5, 0.6) is 0 Å². The lowest BCUT2D eigenvalue weighted by Gasteiger charge is -2.33. The monoisotopic (exact) mass is 281 g/mol. The Hall–Kier alpha value is -1.39. The fraction of sp³-hybridized carbons (Fsp3) is 0.800. The molecule has 0 atom stereocenters. The highest BCUT2D eigenvalue weighted by atomic mass is 16.4. The predicted molar refractivity (Wildman–Crippen MR) is 72.9 cm³/mol. The number of carboxylic acids is 1. The summed E-state index contributed by atoms with van der Waals surface area (Å²) in [5, 5.41) is 9.01. The molecule has 112 valence electrons. The summed E-state index contributed by atoms with van der Waals surface area (Å²) in [6.45, 7) is 3.92. The Morgan fingerprint density at radius 1 is 1.20 bits per heavy atom. The third-order valence-electron chi connectivity index (χ3n) is 5.20. The number of hydrogen-bond donors (Lipinski definition) is 1. The van der Waals surface area contributed by atoms with Crippen LogP contribution in [0.3, 0.4) is 0 Å². The average Bonchev–Trinajstić information content (AvgIpc) is 2.70. The van der Waals surface area contributed by atoms with Crippen LogP contribution < -0.4 is 0 Å². The first-order valence-electron chi connectivity index (χ1n) is 7.54. The first kappa shape index (κ1) is 15.0. The molecule has 1 aliphatic carbocycles. The molecule has 2 aliphatic rings. The number of carbonyl (C=O) groups is 3. The zero-order valence-electron chi connectivity index (χ0n) is 12.2. The number of nitrogens with zero attached hydrogens (tertiary/aromatic N) is 1. The van der Waals surface area contributed by atoms with Gasteiger partial charge in [-0.3, -0.25) is 19.3 Å². The Balaban J connectivity index is 2.09. The molecular weight excluding hydrogens is 258 g/mol. The molecule has 0 unspecified atom stereocenters. The van der Waals surface area contributed by atoms with E-state index in [0.717, 1.165) is 0 Å². The number of imide groups is 1. The lowest BCUT2D eigenvalue weighted by Crippen LogP contribution is -2.44. The number of aliphatic carboxylic acids is 1. The Morgan fingerprint density at radius 3 is 2.15 bits per heavy atom. The molecule has 1 N–H and O–H groups in total. The molecule has 0 aromatic heterocycles. The smallest absolute Gasteiger partial charge is 0.306 e. The number of carbonyl (C=O) groups excluding carboxylic acids is 2. The van der Waals surface area contributed by atoms with Gasteiger partial charge in [0, 0.05) is 12.5 Å². The lowest BCUT2D eigenvalue weighted by molar-refractivity contribution is -0.146. The number of carboxylic acid groups (broad SMARTS) is 1. The first-order valence-corrected chi connectivity index (χ1v) is 7.54. The molecule has 5 nitrogen and oxygen atoms in total. The molecule has 5 heteroatoms. The molecule has 0 bridgehead atoms. The highest BCUT2D eigenvalue weighted by Gasteiger charge is 2.51. The first-order chi connectivity index (χ1) is 9.45. The van der Waals surface area contributed by atoms with Gasteiger partial charge in [-0.25, -0.2) is 0 Å². The van der Waals surface area contributed by atoms with Crippen molar-refractivity contribution in [1.29, 1.82) is 0 Å². The minimum Gasteiger partial charge on any atom is -0.481 e. The topological polar surface area (TPSA) is 74.7 Å². The second kappa shape index (κ2) is 5.54. The van der Waals surface area contributed by atoms with Crippen molar-refractivity contribution >= 4 is 17.8 Å². The Morgan fingerprint density at radius 2 is 1.75 bits per heavy atom. The van der Waals surface area contributed by atoms with Crippen LogP contribution in [0.1, 0.15) is 58.8 Å². The van der Waals surface area contributed by atoms with E-state index < -0.39 is 11.4 Å². The maximum absolute atomic E-state index is 12.6. The van der Waals surface area contributed by atoms with E-state index in [1.165, 1.54) is 4.90 Å². The SMILES string of the molecule is CCC1(CC)CC(=O)N(C2CCC(C(=O)O)CC2)C1=O. The summed E-state index contributed by atoms with van der Waals surface area (Å²) in [7, 11) is 0. The molecule has 0 radical (unpaired) electrons. The van der Waals surface area contributed by atoms with Crippen molar-refractivity contribution < 1.29 is 19.5 Å². The van der Waals surface area contributed by atoms with Crippen molar-refractivity contribution in [3.63, 3.8) is 0 Å². The van der Waals surface area contributed by atoms with Gasteiger partial charge in [0.15, 0.2) is 0 Å². The molecule has 2 rings (SSSR count). The van der Waals surface area contributed by atoms with Crippen LogP contribution in [0.2, 0.25) is 0 Å². The van der Waals surface area contributed by atoms with Gasteiger partial charge in [-0.2, -0.15) is 0 Å². The molecule has 1 saturated heterocycles. The Kier molecular flexibility index (Phi) is 4.16. The zero-order chi connectivity index (χ0) is 14.9. The normalized spacial score (nSPS) is 29.8. The highest BCUT2D eigenvalue weighted by Crippen LogP contribution is 2.42. The van der Waals surface area contributed by atoms with E-state index in [1.807, 2.05) is 13.8 Å². The molecule has 1 heterocycles. The summed E-state index contributed by atoms with van der Waals surface area (Å²) in [6, 6.07) is -0.0921. The summed E-state index contributed by atoms with van der Waals surface area (Å²) >= 11 is 0. The van der Waals surface area contributed by atoms with Crippen LogP contribution in [-0.4, -0.2) is 33.8 Å². The maximum atomic E-state index is 12.6. The van der Waals surface area contributed by atoms with E-state index >= 15 is 0 Å². The molecule has 0 aromatic carbocycles. The summed E-state index contributed by atoms with van der Waals surface area (Å²) in [5.41, 5.74) is -0.513. The van der Waals surface area contributed by atoms with Crippen molar-refractivity contribution in [2.75, 3.05) is 0 Å². The predicted octanol–water partition coefficient (Wildman–Crippen LogP) is 2.20. The van der Waals surface area contributed by atoms with E-state index in [9.17, 15) is 14.4 Å². The summed E-state index contributed by atoms with van der Waals surface area (Å²) in [6.07, 6.45) is 4.06. The van der Waals surface area contributed by atoms with Gasteiger partial charge in [-0.1, -0.05) is 13.8 Å². The van der Waals surface area contributed by atoms with E-state index in [2.05, 4.69) is 0 Å². The van der Waals surface area contributed by atoms with Crippen molar-refractivity contribution in [3.05, 3.63) is 0 Å². The van der Waals surface area contributed by atoms with Gasteiger partial charge in [0.05, 0.1) is 11.3 Å². The van der Waals surface area contributed by atoms with Gasteiger partial charge < -0.3 is 5.11 Å². The van der Waals surface area contributed by atoms with Crippen LogP contribution in [0.25, 0.3) is 0 Å². The fourth-order valence-corrected chi connectivity index (χ4v) is 3.57. The molecule has 0 aromatic rings.